The second-order valence-electron chi connectivity index (χ2n) is 4.77. The molecule has 1 aliphatic heterocycles. The van der Waals surface area contributed by atoms with E-state index in [0.717, 1.165) is 44.7 Å². The number of nitriles is 1. The maximum atomic E-state index is 8.87. The van der Waals surface area contributed by atoms with Gasteiger partial charge in [-0.25, -0.2) is 0 Å². The summed E-state index contributed by atoms with van der Waals surface area (Å²) in [5, 5.41) is 13.3. The second kappa shape index (κ2) is 5.33. The van der Waals surface area contributed by atoms with Crippen molar-refractivity contribution in [2.75, 3.05) is 13.1 Å². The average Bonchev–Trinajstić information content (AvgIpc) is 2.70. The molecular formula is C13H20N4. The molecule has 0 radical (unpaired) electrons. The van der Waals surface area contributed by atoms with Gasteiger partial charge in [0.05, 0.1) is 17.5 Å². The Hall–Kier alpha value is -1.34. The van der Waals surface area contributed by atoms with Crippen LogP contribution in [0.25, 0.3) is 0 Å². The molecule has 0 unspecified atom stereocenters. The van der Waals surface area contributed by atoms with Crippen LogP contribution in [0.5, 0.6) is 0 Å². The number of rotatable bonds is 3. The van der Waals surface area contributed by atoms with Crippen molar-refractivity contribution in [2.24, 2.45) is 5.92 Å². The molecule has 0 bridgehead atoms. The van der Waals surface area contributed by atoms with Gasteiger partial charge in [0.15, 0.2) is 0 Å². The fourth-order valence-electron chi connectivity index (χ4n) is 2.45. The summed E-state index contributed by atoms with van der Waals surface area (Å²) in [7, 11) is 0. The highest BCUT2D eigenvalue weighted by molar-refractivity contribution is 5.09. The quantitative estimate of drug-likeness (QED) is 0.800. The molecular weight excluding hydrogens is 212 g/mol. The number of hydrogen-bond acceptors (Lipinski definition) is 3. The van der Waals surface area contributed by atoms with E-state index in [1.807, 2.05) is 6.92 Å². The van der Waals surface area contributed by atoms with Gasteiger partial charge in [-0.05, 0) is 45.8 Å². The fourth-order valence-corrected chi connectivity index (χ4v) is 2.45. The number of nitrogens with zero attached hydrogens (tertiary/aromatic N) is 4. The van der Waals surface area contributed by atoms with Crippen LogP contribution in [0.4, 0.5) is 0 Å². The molecule has 17 heavy (non-hydrogen) atoms. The molecule has 0 amide bonds. The van der Waals surface area contributed by atoms with E-state index >= 15 is 0 Å². The van der Waals surface area contributed by atoms with E-state index in [1.165, 1.54) is 5.69 Å². The minimum absolute atomic E-state index is 0.268. The molecule has 1 aromatic heterocycles. The lowest BCUT2D eigenvalue weighted by molar-refractivity contribution is 0.193. The van der Waals surface area contributed by atoms with Crippen molar-refractivity contribution < 1.29 is 0 Å². The van der Waals surface area contributed by atoms with E-state index in [4.69, 9.17) is 5.26 Å². The van der Waals surface area contributed by atoms with Crippen LogP contribution < -0.4 is 0 Å². The zero-order chi connectivity index (χ0) is 12.3. The second-order valence-corrected chi connectivity index (χ2v) is 4.77. The zero-order valence-corrected chi connectivity index (χ0v) is 10.7. The summed E-state index contributed by atoms with van der Waals surface area (Å²) in [6, 6.07) is 4.54. The third kappa shape index (κ3) is 2.86. The molecule has 1 saturated heterocycles. The van der Waals surface area contributed by atoms with Crippen LogP contribution in [0.1, 0.15) is 31.2 Å². The highest BCUT2D eigenvalue weighted by Gasteiger charge is 2.19. The predicted octanol–water partition coefficient (Wildman–Crippen LogP) is 1.95. The van der Waals surface area contributed by atoms with Crippen LogP contribution in [0, 0.1) is 24.2 Å². The molecule has 0 saturated carbocycles. The smallest absolute Gasteiger partial charge is 0.0656 e. The van der Waals surface area contributed by atoms with Crippen molar-refractivity contribution >= 4 is 0 Å². The topological polar surface area (TPSA) is 44.9 Å². The minimum Gasteiger partial charge on any atom is -0.297 e. The summed E-state index contributed by atoms with van der Waals surface area (Å²) in [5.74, 6) is 0.268. The number of likely N-dealkylation sites (tertiary alicyclic amines) is 1. The van der Waals surface area contributed by atoms with E-state index in [0.29, 0.717) is 0 Å². The van der Waals surface area contributed by atoms with Crippen molar-refractivity contribution in [3.8, 4) is 6.07 Å². The first-order valence-electron chi connectivity index (χ1n) is 6.38. The van der Waals surface area contributed by atoms with Crippen molar-refractivity contribution in [3.63, 3.8) is 0 Å². The van der Waals surface area contributed by atoms with Crippen molar-refractivity contribution in [1.82, 2.24) is 14.7 Å². The molecule has 2 heterocycles. The molecule has 4 nitrogen and oxygen atoms in total. The van der Waals surface area contributed by atoms with Gasteiger partial charge in [0.1, 0.15) is 0 Å². The Morgan fingerprint density at radius 2 is 2.18 bits per heavy atom. The van der Waals surface area contributed by atoms with Gasteiger partial charge in [-0.3, -0.25) is 9.58 Å². The number of hydrogen-bond donors (Lipinski definition) is 0. The van der Waals surface area contributed by atoms with Crippen molar-refractivity contribution in [2.45, 2.75) is 39.8 Å². The van der Waals surface area contributed by atoms with E-state index in [-0.39, 0.29) is 5.92 Å². The molecule has 4 heteroatoms. The summed E-state index contributed by atoms with van der Waals surface area (Å²) in [5.41, 5.74) is 2.38. The van der Waals surface area contributed by atoms with Crippen LogP contribution in [0.3, 0.4) is 0 Å². The van der Waals surface area contributed by atoms with Gasteiger partial charge in [0, 0.05) is 19.0 Å². The normalized spacial score (nSPS) is 18.2. The van der Waals surface area contributed by atoms with Gasteiger partial charge < -0.3 is 0 Å². The predicted molar refractivity (Wildman–Crippen MR) is 66.3 cm³/mol. The Morgan fingerprint density at radius 1 is 1.47 bits per heavy atom. The highest BCUT2D eigenvalue weighted by atomic mass is 15.3. The van der Waals surface area contributed by atoms with E-state index in [2.05, 4.69) is 33.7 Å². The average molecular weight is 232 g/mol. The molecule has 0 atom stereocenters. The Labute approximate surface area is 103 Å². The molecule has 1 aliphatic rings. The first-order chi connectivity index (χ1) is 8.22. The van der Waals surface area contributed by atoms with Crippen LogP contribution >= 0.6 is 0 Å². The molecule has 0 spiro atoms. The minimum atomic E-state index is 0.268. The lowest BCUT2D eigenvalue weighted by atomic mass is 9.98. The summed E-state index contributed by atoms with van der Waals surface area (Å²) in [4.78, 5) is 2.43. The number of aromatic nitrogens is 2. The first kappa shape index (κ1) is 12.1. The Kier molecular flexibility index (Phi) is 3.80. The number of piperidine rings is 1. The van der Waals surface area contributed by atoms with Crippen LogP contribution in [0.2, 0.25) is 0 Å². The lowest BCUT2D eigenvalue weighted by Crippen LogP contribution is -2.33. The number of aryl methyl sites for hydroxylation is 2. The standard InChI is InChI=1S/C13H20N4/c1-3-17-13(8-11(2)15-17)10-16-6-4-12(9-14)5-7-16/h8,12H,3-7,10H2,1-2H3. The Morgan fingerprint density at radius 3 is 2.76 bits per heavy atom. The van der Waals surface area contributed by atoms with E-state index < -0.39 is 0 Å². The third-order valence-electron chi connectivity index (χ3n) is 3.44. The van der Waals surface area contributed by atoms with Gasteiger partial charge in [0.25, 0.3) is 0 Å². The summed E-state index contributed by atoms with van der Waals surface area (Å²) in [6.45, 7) is 8.12. The van der Waals surface area contributed by atoms with Gasteiger partial charge in [-0.15, -0.1) is 0 Å². The molecule has 1 aromatic rings. The molecule has 2 rings (SSSR count). The van der Waals surface area contributed by atoms with Gasteiger partial charge >= 0.3 is 0 Å². The SMILES string of the molecule is CCn1nc(C)cc1CN1CCC(C#N)CC1. The van der Waals surface area contributed by atoms with E-state index in [1.54, 1.807) is 0 Å². The maximum Gasteiger partial charge on any atom is 0.0656 e. The molecule has 1 fully saturated rings. The summed E-state index contributed by atoms with van der Waals surface area (Å²) < 4.78 is 2.08. The van der Waals surface area contributed by atoms with Gasteiger partial charge in [-0.2, -0.15) is 10.4 Å². The van der Waals surface area contributed by atoms with Crippen molar-refractivity contribution in [1.29, 1.82) is 5.26 Å². The van der Waals surface area contributed by atoms with Gasteiger partial charge in [0.2, 0.25) is 0 Å². The molecule has 92 valence electrons. The molecule has 0 aliphatic carbocycles. The highest BCUT2D eigenvalue weighted by Crippen LogP contribution is 2.18. The largest absolute Gasteiger partial charge is 0.297 e. The monoisotopic (exact) mass is 232 g/mol. The van der Waals surface area contributed by atoms with Crippen LogP contribution in [0.15, 0.2) is 6.07 Å². The maximum absolute atomic E-state index is 8.87. The molecule has 0 N–H and O–H groups in total. The third-order valence-corrected chi connectivity index (χ3v) is 3.44. The van der Waals surface area contributed by atoms with Crippen LogP contribution in [-0.4, -0.2) is 27.8 Å². The van der Waals surface area contributed by atoms with E-state index in [9.17, 15) is 0 Å². The van der Waals surface area contributed by atoms with Crippen molar-refractivity contribution in [3.05, 3.63) is 17.5 Å². The Bertz CT molecular complexity index is 408. The molecule has 0 aromatic carbocycles. The van der Waals surface area contributed by atoms with Crippen LogP contribution in [-0.2, 0) is 13.1 Å². The Balaban J connectivity index is 1.95. The zero-order valence-electron chi connectivity index (χ0n) is 10.7. The summed E-state index contributed by atoms with van der Waals surface area (Å²) in [6.07, 6.45) is 2.02. The fraction of sp³-hybridized carbons (Fsp3) is 0.692. The van der Waals surface area contributed by atoms with Gasteiger partial charge in [-0.1, -0.05) is 0 Å². The summed E-state index contributed by atoms with van der Waals surface area (Å²) >= 11 is 0. The first-order valence-corrected chi connectivity index (χ1v) is 6.38. The lowest BCUT2D eigenvalue weighted by Gasteiger charge is -2.28.